The molecule has 0 saturated carbocycles. The minimum Gasteiger partial charge on any atom is -0.481 e. The molecule has 20 heavy (non-hydrogen) atoms. The maximum Gasteiger partial charge on any atom is 0.310 e. The van der Waals surface area contributed by atoms with Gasteiger partial charge in [0, 0.05) is 17.1 Å². The molecule has 1 atom stereocenters. The van der Waals surface area contributed by atoms with Gasteiger partial charge in [-0.25, -0.2) is 0 Å². The lowest BCUT2D eigenvalue weighted by molar-refractivity contribution is -0.153. The lowest BCUT2D eigenvalue weighted by Gasteiger charge is -2.28. The minimum absolute atomic E-state index is 0.0774. The van der Waals surface area contributed by atoms with Crippen LogP contribution in [0.15, 0.2) is 18.2 Å². The molecule has 0 bridgehead atoms. The van der Waals surface area contributed by atoms with Crippen LogP contribution in [-0.2, 0) is 9.59 Å². The Hall–Kier alpha value is -1.55. The van der Waals surface area contributed by atoms with Crippen LogP contribution >= 0.6 is 11.6 Å². The zero-order chi connectivity index (χ0) is 15.5. The number of amides is 1. The van der Waals surface area contributed by atoms with Crippen LogP contribution in [-0.4, -0.2) is 17.0 Å². The average molecular weight is 298 g/mol. The zero-order valence-electron chi connectivity index (χ0n) is 12.2. The van der Waals surface area contributed by atoms with E-state index in [1.165, 1.54) is 0 Å². The van der Waals surface area contributed by atoms with Crippen molar-refractivity contribution < 1.29 is 14.7 Å². The lowest BCUT2D eigenvalue weighted by Crippen LogP contribution is -2.37. The number of carboxylic acids is 1. The molecule has 1 amide bonds. The molecule has 0 aromatic heterocycles. The summed E-state index contributed by atoms with van der Waals surface area (Å²) in [6, 6.07) is 5.22. The van der Waals surface area contributed by atoms with Crippen molar-refractivity contribution in [3.63, 3.8) is 0 Å². The molecule has 0 fully saturated rings. The van der Waals surface area contributed by atoms with Crippen LogP contribution in [0.25, 0.3) is 0 Å². The largest absolute Gasteiger partial charge is 0.481 e. The van der Waals surface area contributed by atoms with Crippen LogP contribution in [0.4, 0.5) is 5.69 Å². The summed E-state index contributed by atoms with van der Waals surface area (Å²) in [4.78, 5) is 23.5. The van der Waals surface area contributed by atoms with Gasteiger partial charge in [-0.3, -0.25) is 9.59 Å². The van der Waals surface area contributed by atoms with Crippen molar-refractivity contribution >= 4 is 29.2 Å². The Morgan fingerprint density at radius 3 is 2.50 bits per heavy atom. The third kappa shape index (κ3) is 3.51. The van der Waals surface area contributed by atoms with Crippen molar-refractivity contribution in [1.29, 1.82) is 0 Å². The highest BCUT2D eigenvalue weighted by Gasteiger charge is 2.38. The second-order valence-corrected chi connectivity index (χ2v) is 5.92. The predicted octanol–water partition coefficient (Wildman–Crippen LogP) is 3.72. The van der Waals surface area contributed by atoms with E-state index in [-0.39, 0.29) is 18.2 Å². The highest BCUT2D eigenvalue weighted by molar-refractivity contribution is 6.31. The first kappa shape index (κ1) is 16.5. The van der Waals surface area contributed by atoms with Crippen molar-refractivity contribution in [3.05, 3.63) is 28.8 Å². The zero-order valence-corrected chi connectivity index (χ0v) is 12.9. The SMILES string of the molecule is Cc1c(Cl)cccc1NC(=O)CC(C)(C(=O)O)C(C)C. The summed E-state index contributed by atoms with van der Waals surface area (Å²) in [6.07, 6.45) is -0.0774. The van der Waals surface area contributed by atoms with Gasteiger partial charge in [-0.2, -0.15) is 0 Å². The summed E-state index contributed by atoms with van der Waals surface area (Å²) in [7, 11) is 0. The molecule has 2 N–H and O–H groups in total. The number of carbonyl (C=O) groups excluding carboxylic acids is 1. The van der Waals surface area contributed by atoms with Crippen molar-refractivity contribution in [2.75, 3.05) is 5.32 Å². The highest BCUT2D eigenvalue weighted by atomic mass is 35.5. The predicted molar refractivity (Wildman–Crippen MR) is 80.0 cm³/mol. The van der Waals surface area contributed by atoms with E-state index in [2.05, 4.69) is 5.32 Å². The summed E-state index contributed by atoms with van der Waals surface area (Å²) in [5.41, 5.74) is 0.291. The molecule has 1 rings (SSSR count). The lowest BCUT2D eigenvalue weighted by atomic mass is 9.76. The second-order valence-electron chi connectivity index (χ2n) is 5.51. The van der Waals surface area contributed by atoms with Crippen LogP contribution in [0.3, 0.4) is 0 Å². The van der Waals surface area contributed by atoms with E-state index in [1.807, 2.05) is 0 Å². The first-order valence-electron chi connectivity index (χ1n) is 6.47. The van der Waals surface area contributed by atoms with E-state index >= 15 is 0 Å². The first-order chi connectivity index (χ1) is 9.18. The standard InChI is InChI=1S/C15H20ClNO3/c1-9(2)15(4,14(19)20)8-13(18)17-12-7-5-6-11(16)10(12)3/h5-7,9H,8H2,1-4H3,(H,17,18)(H,19,20). The van der Waals surface area contributed by atoms with Crippen LogP contribution < -0.4 is 5.32 Å². The van der Waals surface area contributed by atoms with Gasteiger partial charge < -0.3 is 10.4 Å². The molecule has 0 aliphatic carbocycles. The van der Waals surface area contributed by atoms with Gasteiger partial charge in [0.1, 0.15) is 0 Å². The van der Waals surface area contributed by atoms with Crippen molar-refractivity contribution in [1.82, 2.24) is 0 Å². The van der Waals surface area contributed by atoms with Gasteiger partial charge in [-0.05, 0) is 37.5 Å². The van der Waals surface area contributed by atoms with Gasteiger partial charge in [0.15, 0.2) is 0 Å². The number of aliphatic carboxylic acids is 1. The third-order valence-corrected chi connectivity index (χ3v) is 4.24. The number of carbonyl (C=O) groups is 2. The van der Waals surface area contributed by atoms with Crippen molar-refractivity contribution in [2.24, 2.45) is 11.3 Å². The molecular weight excluding hydrogens is 278 g/mol. The Bertz CT molecular complexity index is 528. The smallest absolute Gasteiger partial charge is 0.310 e. The molecule has 0 aliphatic heterocycles. The third-order valence-electron chi connectivity index (χ3n) is 3.83. The summed E-state index contributed by atoms with van der Waals surface area (Å²) in [5.74, 6) is -1.44. The summed E-state index contributed by atoms with van der Waals surface area (Å²) in [6.45, 7) is 6.99. The van der Waals surface area contributed by atoms with Gasteiger partial charge in [0.25, 0.3) is 0 Å². The van der Waals surface area contributed by atoms with Gasteiger partial charge in [-0.15, -0.1) is 0 Å². The van der Waals surface area contributed by atoms with E-state index < -0.39 is 11.4 Å². The molecule has 1 unspecified atom stereocenters. The Labute approximate surface area is 124 Å². The fourth-order valence-corrected chi connectivity index (χ4v) is 1.97. The van der Waals surface area contributed by atoms with Gasteiger partial charge >= 0.3 is 5.97 Å². The summed E-state index contributed by atoms with van der Waals surface area (Å²) < 4.78 is 0. The maximum absolute atomic E-state index is 12.1. The molecule has 1 aromatic rings. The molecule has 0 saturated heterocycles. The Morgan fingerprint density at radius 2 is 2.00 bits per heavy atom. The Balaban J connectivity index is 2.87. The molecule has 4 nitrogen and oxygen atoms in total. The highest BCUT2D eigenvalue weighted by Crippen LogP contribution is 2.32. The number of hydrogen-bond acceptors (Lipinski definition) is 2. The van der Waals surface area contributed by atoms with Crippen LogP contribution in [0.5, 0.6) is 0 Å². The molecular formula is C15H20ClNO3. The molecule has 110 valence electrons. The van der Waals surface area contributed by atoms with E-state index in [4.69, 9.17) is 11.6 Å². The number of halogens is 1. The Kier molecular flexibility index (Phi) is 5.17. The first-order valence-corrected chi connectivity index (χ1v) is 6.84. The van der Waals surface area contributed by atoms with Crippen LogP contribution in [0, 0.1) is 18.3 Å². The number of anilines is 1. The fourth-order valence-electron chi connectivity index (χ4n) is 1.80. The van der Waals surface area contributed by atoms with Gasteiger partial charge in [0.05, 0.1) is 5.41 Å². The van der Waals surface area contributed by atoms with Crippen molar-refractivity contribution in [3.8, 4) is 0 Å². The van der Waals surface area contributed by atoms with E-state index in [1.54, 1.807) is 45.9 Å². The Morgan fingerprint density at radius 1 is 1.40 bits per heavy atom. The number of carboxylic acid groups (broad SMARTS) is 1. The molecule has 5 heteroatoms. The number of rotatable bonds is 5. The van der Waals surface area contributed by atoms with Gasteiger partial charge in [0.2, 0.25) is 5.91 Å². The van der Waals surface area contributed by atoms with E-state index in [0.29, 0.717) is 10.7 Å². The molecule has 0 heterocycles. The second kappa shape index (κ2) is 6.27. The molecule has 0 radical (unpaired) electrons. The van der Waals surface area contributed by atoms with E-state index in [0.717, 1.165) is 5.56 Å². The van der Waals surface area contributed by atoms with Crippen molar-refractivity contribution in [2.45, 2.75) is 34.1 Å². The topological polar surface area (TPSA) is 66.4 Å². The van der Waals surface area contributed by atoms with Crippen LogP contribution in [0.2, 0.25) is 5.02 Å². The normalized spacial score (nSPS) is 13.9. The number of nitrogens with one attached hydrogen (secondary N) is 1. The van der Waals surface area contributed by atoms with Crippen LogP contribution in [0.1, 0.15) is 32.8 Å². The molecule has 0 spiro atoms. The summed E-state index contributed by atoms with van der Waals surface area (Å²) in [5, 5.41) is 12.6. The molecule has 1 aromatic carbocycles. The monoisotopic (exact) mass is 297 g/mol. The minimum atomic E-state index is -1.09. The quantitative estimate of drug-likeness (QED) is 0.870. The average Bonchev–Trinajstić information content (AvgIpc) is 2.34. The number of hydrogen-bond donors (Lipinski definition) is 2. The number of benzene rings is 1. The van der Waals surface area contributed by atoms with E-state index in [9.17, 15) is 14.7 Å². The summed E-state index contributed by atoms with van der Waals surface area (Å²) >= 11 is 5.99. The fraction of sp³-hybridized carbons (Fsp3) is 0.467. The maximum atomic E-state index is 12.1. The molecule has 0 aliphatic rings. The van der Waals surface area contributed by atoms with Gasteiger partial charge in [-0.1, -0.05) is 31.5 Å².